The lowest BCUT2D eigenvalue weighted by atomic mass is 9.97. The maximum Gasteiger partial charge on any atom is 0.273 e. The van der Waals surface area contributed by atoms with E-state index in [0.717, 1.165) is 0 Å². The smallest absolute Gasteiger partial charge is 0.273 e. The van der Waals surface area contributed by atoms with Crippen LogP contribution in [-0.2, 0) is 0 Å². The van der Waals surface area contributed by atoms with Crippen molar-refractivity contribution in [3.05, 3.63) is 17.8 Å². The Bertz CT molecular complexity index is 323. The van der Waals surface area contributed by atoms with Gasteiger partial charge >= 0.3 is 0 Å². The highest BCUT2D eigenvalue weighted by Crippen LogP contribution is 2.10. The predicted molar refractivity (Wildman–Crippen MR) is 53.0 cm³/mol. The lowest BCUT2D eigenvalue weighted by molar-refractivity contribution is 0.0934. The molecule has 0 aliphatic heterocycles. The number of carbonyl (C=O) groups is 1. The van der Waals surface area contributed by atoms with Crippen molar-refractivity contribution in [1.29, 1.82) is 0 Å². The highest BCUT2D eigenvalue weighted by molar-refractivity contribution is 5.91. The topological polar surface area (TPSA) is 55.1 Å². The highest BCUT2D eigenvalue weighted by Gasteiger charge is 2.14. The number of hydrogen-bond acceptors (Lipinski definition) is 3. The van der Waals surface area contributed by atoms with Crippen LogP contribution in [0.1, 0.15) is 37.2 Å². The minimum absolute atomic E-state index is 0.0778. The first-order valence-corrected chi connectivity index (χ1v) is 4.59. The van der Waals surface area contributed by atoms with E-state index in [1.807, 2.05) is 0 Å². The molecule has 1 rings (SSSR count). The molecule has 1 N–H and O–H groups in total. The van der Waals surface area contributed by atoms with E-state index in [9.17, 15) is 4.79 Å². The maximum atomic E-state index is 11.5. The summed E-state index contributed by atoms with van der Waals surface area (Å²) in [5.74, 6) is 0.322. The Labute approximate surface area is 83.7 Å². The lowest BCUT2D eigenvalue weighted by Crippen LogP contribution is -2.32. The predicted octanol–water partition coefficient (Wildman–Crippen LogP) is 1.76. The number of nitrogens with one attached hydrogen (secondary N) is 1. The van der Waals surface area contributed by atoms with Crippen molar-refractivity contribution in [3.63, 3.8) is 0 Å². The quantitative estimate of drug-likeness (QED) is 0.784. The van der Waals surface area contributed by atoms with Crippen LogP contribution in [-0.4, -0.2) is 17.4 Å². The molecule has 0 saturated carbocycles. The van der Waals surface area contributed by atoms with Gasteiger partial charge in [-0.1, -0.05) is 20.8 Å². The Balaban J connectivity index is 2.52. The third-order valence-electron chi connectivity index (χ3n) is 1.63. The van der Waals surface area contributed by atoms with Crippen LogP contribution < -0.4 is 5.32 Å². The zero-order chi connectivity index (χ0) is 10.8. The van der Waals surface area contributed by atoms with Gasteiger partial charge in [-0.05, 0) is 5.41 Å². The number of oxazole rings is 1. The first-order chi connectivity index (χ1) is 6.38. The summed E-state index contributed by atoms with van der Waals surface area (Å²) in [5.41, 5.74) is 0.417. The van der Waals surface area contributed by atoms with E-state index in [2.05, 4.69) is 31.1 Å². The third-order valence-corrected chi connectivity index (χ3v) is 1.63. The van der Waals surface area contributed by atoms with Gasteiger partial charge in [-0.25, -0.2) is 4.98 Å². The summed E-state index contributed by atoms with van der Waals surface area (Å²) < 4.78 is 4.95. The molecule has 0 aliphatic carbocycles. The molecule has 0 radical (unpaired) electrons. The Morgan fingerprint density at radius 3 is 2.64 bits per heavy atom. The molecule has 1 aromatic heterocycles. The molecule has 0 bridgehead atoms. The van der Waals surface area contributed by atoms with Gasteiger partial charge in [0, 0.05) is 13.5 Å². The molecule has 0 atom stereocenters. The molecule has 0 aromatic carbocycles. The fourth-order valence-corrected chi connectivity index (χ4v) is 0.904. The van der Waals surface area contributed by atoms with E-state index in [4.69, 9.17) is 4.42 Å². The van der Waals surface area contributed by atoms with Gasteiger partial charge in [-0.15, -0.1) is 0 Å². The summed E-state index contributed by atoms with van der Waals surface area (Å²) in [7, 11) is 0. The molecule has 78 valence electrons. The molecule has 0 aliphatic rings. The van der Waals surface area contributed by atoms with Crippen molar-refractivity contribution < 1.29 is 9.21 Å². The van der Waals surface area contributed by atoms with Crippen molar-refractivity contribution in [3.8, 4) is 0 Å². The minimum atomic E-state index is -0.184. The van der Waals surface area contributed by atoms with Crippen LogP contribution in [0, 0.1) is 12.3 Å². The highest BCUT2D eigenvalue weighted by atomic mass is 16.3. The summed E-state index contributed by atoms with van der Waals surface area (Å²) in [6.45, 7) is 8.50. The molecule has 4 heteroatoms. The standard InChI is InChI=1S/C10H16N2O2/c1-7-12-8(5-14-7)9(13)11-6-10(2,3)4/h5H,6H2,1-4H3,(H,11,13). The Hall–Kier alpha value is -1.32. The average molecular weight is 196 g/mol. The van der Waals surface area contributed by atoms with E-state index in [-0.39, 0.29) is 11.3 Å². The average Bonchev–Trinajstić information content (AvgIpc) is 2.46. The molecular weight excluding hydrogens is 180 g/mol. The van der Waals surface area contributed by atoms with Crippen LogP contribution in [0.5, 0.6) is 0 Å². The Morgan fingerprint density at radius 1 is 1.57 bits per heavy atom. The van der Waals surface area contributed by atoms with Crippen molar-refractivity contribution in [1.82, 2.24) is 10.3 Å². The lowest BCUT2D eigenvalue weighted by Gasteiger charge is -2.17. The van der Waals surface area contributed by atoms with Crippen LogP contribution in [0.2, 0.25) is 0 Å². The van der Waals surface area contributed by atoms with Gasteiger partial charge in [-0.3, -0.25) is 4.79 Å². The van der Waals surface area contributed by atoms with Crippen LogP contribution in [0.25, 0.3) is 0 Å². The number of amides is 1. The van der Waals surface area contributed by atoms with Gasteiger partial charge < -0.3 is 9.73 Å². The van der Waals surface area contributed by atoms with E-state index < -0.39 is 0 Å². The zero-order valence-electron chi connectivity index (χ0n) is 9.05. The fourth-order valence-electron chi connectivity index (χ4n) is 0.904. The van der Waals surface area contributed by atoms with Crippen LogP contribution >= 0.6 is 0 Å². The van der Waals surface area contributed by atoms with Crippen LogP contribution in [0.3, 0.4) is 0 Å². The number of hydrogen-bond donors (Lipinski definition) is 1. The van der Waals surface area contributed by atoms with E-state index >= 15 is 0 Å². The SMILES string of the molecule is Cc1nc(C(=O)NCC(C)(C)C)co1. The number of aryl methyl sites for hydroxylation is 1. The number of carbonyl (C=O) groups excluding carboxylic acids is 1. The number of rotatable bonds is 2. The molecule has 0 spiro atoms. The second-order valence-electron chi connectivity index (χ2n) is 4.50. The molecule has 0 fully saturated rings. The second kappa shape index (κ2) is 3.82. The van der Waals surface area contributed by atoms with Gasteiger partial charge in [-0.2, -0.15) is 0 Å². The third kappa shape index (κ3) is 3.20. The fraction of sp³-hybridized carbons (Fsp3) is 0.600. The van der Waals surface area contributed by atoms with Gasteiger partial charge in [0.1, 0.15) is 6.26 Å². The van der Waals surface area contributed by atoms with Gasteiger partial charge in [0.05, 0.1) is 0 Å². The van der Waals surface area contributed by atoms with Crippen molar-refractivity contribution in [2.45, 2.75) is 27.7 Å². The van der Waals surface area contributed by atoms with E-state index in [1.54, 1.807) is 6.92 Å². The monoisotopic (exact) mass is 196 g/mol. The van der Waals surface area contributed by atoms with Crippen LogP contribution in [0.4, 0.5) is 0 Å². The summed E-state index contributed by atoms with van der Waals surface area (Å²) >= 11 is 0. The zero-order valence-corrected chi connectivity index (χ0v) is 9.05. The second-order valence-corrected chi connectivity index (χ2v) is 4.50. The van der Waals surface area contributed by atoms with Gasteiger partial charge in [0.2, 0.25) is 0 Å². The van der Waals surface area contributed by atoms with Gasteiger partial charge in [0.25, 0.3) is 5.91 Å². The molecule has 0 unspecified atom stereocenters. The largest absolute Gasteiger partial charge is 0.448 e. The maximum absolute atomic E-state index is 11.5. The van der Waals surface area contributed by atoms with E-state index in [0.29, 0.717) is 18.1 Å². The first kappa shape index (κ1) is 10.8. The van der Waals surface area contributed by atoms with Crippen molar-refractivity contribution in [2.24, 2.45) is 5.41 Å². The number of nitrogens with zero attached hydrogens (tertiary/aromatic N) is 1. The first-order valence-electron chi connectivity index (χ1n) is 4.59. The minimum Gasteiger partial charge on any atom is -0.448 e. The molecule has 1 amide bonds. The molecule has 1 heterocycles. The summed E-state index contributed by atoms with van der Waals surface area (Å²) in [5, 5.41) is 2.79. The Kier molecular flexibility index (Phi) is 2.93. The molecular formula is C10H16N2O2. The molecule has 14 heavy (non-hydrogen) atoms. The summed E-state index contributed by atoms with van der Waals surface area (Å²) in [6, 6.07) is 0. The Morgan fingerprint density at radius 2 is 2.21 bits per heavy atom. The number of aromatic nitrogens is 1. The van der Waals surface area contributed by atoms with Crippen molar-refractivity contribution in [2.75, 3.05) is 6.54 Å². The van der Waals surface area contributed by atoms with Gasteiger partial charge in [0.15, 0.2) is 11.6 Å². The summed E-state index contributed by atoms with van der Waals surface area (Å²) in [4.78, 5) is 15.4. The molecule has 4 nitrogen and oxygen atoms in total. The summed E-state index contributed by atoms with van der Waals surface area (Å²) in [6.07, 6.45) is 1.37. The van der Waals surface area contributed by atoms with E-state index in [1.165, 1.54) is 6.26 Å². The molecule has 1 aromatic rings. The van der Waals surface area contributed by atoms with Crippen LogP contribution in [0.15, 0.2) is 10.7 Å². The van der Waals surface area contributed by atoms with Crippen molar-refractivity contribution >= 4 is 5.91 Å². The molecule has 0 saturated heterocycles. The normalized spacial score (nSPS) is 11.4.